The lowest BCUT2D eigenvalue weighted by Crippen LogP contribution is -2.31. The maximum Gasteiger partial charge on any atom is 0.335 e. The Hall–Kier alpha value is -2.14. The third kappa shape index (κ3) is 2.13. The number of rotatable bonds is 2. The third-order valence-electron chi connectivity index (χ3n) is 3.52. The lowest BCUT2D eigenvalue weighted by Gasteiger charge is -2.22. The van der Waals surface area contributed by atoms with Gasteiger partial charge < -0.3 is 15.4 Å². The fourth-order valence-electron chi connectivity index (χ4n) is 2.47. The van der Waals surface area contributed by atoms with Gasteiger partial charge in [0.25, 0.3) is 0 Å². The van der Waals surface area contributed by atoms with Gasteiger partial charge in [-0.1, -0.05) is 12.1 Å². The molecule has 3 N–H and O–H groups in total. The molecule has 0 spiro atoms. The Morgan fingerprint density at radius 1 is 1.37 bits per heavy atom. The molecule has 2 heterocycles. The summed E-state index contributed by atoms with van der Waals surface area (Å²) in [6, 6.07) is 6.95. The summed E-state index contributed by atoms with van der Waals surface area (Å²) in [5.41, 5.74) is 8.39. The van der Waals surface area contributed by atoms with Crippen molar-refractivity contribution >= 4 is 5.97 Å². The van der Waals surface area contributed by atoms with E-state index < -0.39 is 5.97 Å². The normalized spacial score (nSPS) is 18.1. The number of nitrogens with zero attached hydrogens (tertiary/aromatic N) is 2. The first-order chi connectivity index (χ1) is 9.15. The number of nitrogens with two attached hydrogens (primary N) is 1. The Morgan fingerprint density at radius 3 is 2.79 bits per heavy atom. The van der Waals surface area contributed by atoms with Crippen LogP contribution in [0.3, 0.4) is 0 Å². The van der Waals surface area contributed by atoms with Gasteiger partial charge >= 0.3 is 5.97 Å². The zero-order chi connectivity index (χ0) is 13.4. The van der Waals surface area contributed by atoms with Crippen molar-refractivity contribution in [2.45, 2.75) is 25.4 Å². The van der Waals surface area contributed by atoms with Gasteiger partial charge in [0, 0.05) is 30.0 Å². The van der Waals surface area contributed by atoms with Crippen molar-refractivity contribution in [1.82, 2.24) is 9.55 Å². The molecular formula is C14H15N3O2. The zero-order valence-corrected chi connectivity index (χ0v) is 10.4. The predicted molar refractivity (Wildman–Crippen MR) is 70.9 cm³/mol. The van der Waals surface area contributed by atoms with Crippen LogP contribution in [-0.2, 0) is 13.0 Å². The molecule has 5 nitrogen and oxygen atoms in total. The molecule has 0 amide bonds. The number of hydrogen-bond acceptors (Lipinski definition) is 3. The molecular weight excluding hydrogens is 242 g/mol. The number of fused-ring (bicyclic) bond motifs is 1. The van der Waals surface area contributed by atoms with Gasteiger partial charge in [-0.2, -0.15) is 0 Å². The van der Waals surface area contributed by atoms with Gasteiger partial charge in [-0.3, -0.25) is 0 Å². The monoisotopic (exact) mass is 257 g/mol. The number of hydrogen-bond donors (Lipinski definition) is 2. The van der Waals surface area contributed by atoms with Crippen molar-refractivity contribution in [1.29, 1.82) is 0 Å². The first kappa shape index (κ1) is 11.9. The Bertz CT molecular complexity index is 616. The van der Waals surface area contributed by atoms with E-state index in [0.717, 1.165) is 30.8 Å². The van der Waals surface area contributed by atoms with E-state index in [2.05, 4.69) is 9.55 Å². The van der Waals surface area contributed by atoms with Crippen molar-refractivity contribution in [3.8, 4) is 11.4 Å². The molecule has 0 radical (unpaired) electrons. The van der Waals surface area contributed by atoms with Crippen LogP contribution in [0.4, 0.5) is 0 Å². The average molecular weight is 257 g/mol. The molecule has 5 heteroatoms. The maximum atomic E-state index is 10.8. The van der Waals surface area contributed by atoms with E-state index in [0.29, 0.717) is 0 Å². The van der Waals surface area contributed by atoms with Crippen LogP contribution < -0.4 is 5.73 Å². The minimum atomic E-state index is -0.918. The number of imidazole rings is 1. The minimum absolute atomic E-state index is 0.166. The number of aromatic carboxylic acids is 1. The molecule has 1 aliphatic rings. The largest absolute Gasteiger partial charge is 0.478 e. The second-order valence-corrected chi connectivity index (χ2v) is 4.87. The van der Waals surface area contributed by atoms with Crippen LogP contribution >= 0.6 is 0 Å². The smallest absolute Gasteiger partial charge is 0.335 e. The summed E-state index contributed by atoms with van der Waals surface area (Å²) in [5.74, 6) is -0.0548. The van der Waals surface area contributed by atoms with Crippen LogP contribution in [0.5, 0.6) is 0 Å². The highest BCUT2D eigenvalue weighted by Gasteiger charge is 2.19. The molecule has 0 aliphatic carbocycles. The highest BCUT2D eigenvalue weighted by Crippen LogP contribution is 2.24. The molecule has 98 valence electrons. The Labute approximate surface area is 110 Å². The van der Waals surface area contributed by atoms with Crippen molar-refractivity contribution in [2.24, 2.45) is 5.73 Å². The molecule has 0 bridgehead atoms. The van der Waals surface area contributed by atoms with Crippen LogP contribution in [0.25, 0.3) is 11.4 Å². The number of carboxylic acid groups (broad SMARTS) is 1. The lowest BCUT2D eigenvalue weighted by atomic mass is 10.1. The molecule has 1 unspecified atom stereocenters. The van der Waals surface area contributed by atoms with E-state index in [9.17, 15) is 4.79 Å². The molecule has 0 fully saturated rings. The van der Waals surface area contributed by atoms with Gasteiger partial charge in [0.05, 0.1) is 5.56 Å². The standard InChI is InChI=1S/C14H15N3O2/c15-11-5-6-12-7-16-13(17(12)8-11)9-1-3-10(4-2-9)14(18)19/h1-4,7,11H,5-6,8,15H2,(H,18,19). The van der Waals surface area contributed by atoms with E-state index in [1.54, 1.807) is 24.3 Å². The SMILES string of the molecule is NC1CCc2cnc(-c3ccc(C(=O)O)cc3)n2C1. The molecule has 1 atom stereocenters. The summed E-state index contributed by atoms with van der Waals surface area (Å²) >= 11 is 0. The first-order valence-corrected chi connectivity index (χ1v) is 6.29. The third-order valence-corrected chi connectivity index (χ3v) is 3.52. The predicted octanol–water partition coefficient (Wildman–Crippen LogP) is 1.52. The van der Waals surface area contributed by atoms with Gasteiger partial charge in [0.1, 0.15) is 5.82 Å². The quantitative estimate of drug-likeness (QED) is 0.854. The van der Waals surface area contributed by atoms with Crippen LogP contribution in [-0.4, -0.2) is 26.7 Å². The Morgan fingerprint density at radius 2 is 2.11 bits per heavy atom. The van der Waals surface area contributed by atoms with Gasteiger partial charge in [-0.25, -0.2) is 9.78 Å². The summed E-state index contributed by atoms with van der Waals surface area (Å²) in [4.78, 5) is 15.3. The Kier molecular flexibility index (Phi) is 2.83. The van der Waals surface area contributed by atoms with Gasteiger partial charge in [0.15, 0.2) is 0 Å². The van der Waals surface area contributed by atoms with Crippen molar-refractivity contribution < 1.29 is 9.90 Å². The molecule has 3 rings (SSSR count). The molecule has 1 aromatic carbocycles. The van der Waals surface area contributed by atoms with Crippen LogP contribution in [0.1, 0.15) is 22.5 Å². The van der Waals surface area contributed by atoms with E-state index in [1.165, 1.54) is 5.69 Å². The number of carbonyl (C=O) groups is 1. The first-order valence-electron chi connectivity index (χ1n) is 6.29. The maximum absolute atomic E-state index is 10.8. The highest BCUT2D eigenvalue weighted by atomic mass is 16.4. The van der Waals surface area contributed by atoms with E-state index in [-0.39, 0.29) is 11.6 Å². The minimum Gasteiger partial charge on any atom is -0.478 e. The lowest BCUT2D eigenvalue weighted by molar-refractivity contribution is 0.0697. The summed E-state index contributed by atoms with van der Waals surface area (Å²) in [6.45, 7) is 0.769. The number of benzene rings is 1. The summed E-state index contributed by atoms with van der Waals surface area (Å²) in [5, 5.41) is 8.90. The zero-order valence-electron chi connectivity index (χ0n) is 10.4. The topological polar surface area (TPSA) is 81.1 Å². The van der Waals surface area contributed by atoms with Crippen LogP contribution in [0.2, 0.25) is 0 Å². The van der Waals surface area contributed by atoms with E-state index >= 15 is 0 Å². The molecule has 2 aromatic rings. The number of aromatic nitrogens is 2. The molecule has 19 heavy (non-hydrogen) atoms. The van der Waals surface area contributed by atoms with Gasteiger partial charge in [-0.15, -0.1) is 0 Å². The summed E-state index contributed by atoms with van der Waals surface area (Å²) in [7, 11) is 0. The second-order valence-electron chi connectivity index (χ2n) is 4.87. The van der Waals surface area contributed by atoms with Crippen LogP contribution in [0.15, 0.2) is 30.5 Å². The van der Waals surface area contributed by atoms with E-state index in [4.69, 9.17) is 10.8 Å². The van der Waals surface area contributed by atoms with Gasteiger partial charge in [-0.05, 0) is 25.0 Å². The second kappa shape index (κ2) is 4.51. The molecule has 0 saturated heterocycles. The van der Waals surface area contributed by atoms with Crippen molar-refractivity contribution in [3.63, 3.8) is 0 Å². The fourth-order valence-corrected chi connectivity index (χ4v) is 2.47. The summed E-state index contributed by atoms with van der Waals surface area (Å²) in [6.07, 6.45) is 3.82. The average Bonchev–Trinajstić information content (AvgIpc) is 2.81. The Balaban J connectivity index is 1.98. The van der Waals surface area contributed by atoms with Crippen LogP contribution in [0, 0.1) is 0 Å². The van der Waals surface area contributed by atoms with Crippen molar-refractivity contribution in [3.05, 3.63) is 41.7 Å². The molecule has 1 aliphatic heterocycles. The summed E-state index contributed by atoms with van der Waals surface area (Å²) < 4.78 is 2.13. The highest BCUT2D eigenvalue weighted by molar-refractivity contribution is 5.88. The number of carboxylic acids is 1. The molecule has 1 aromatic heterocycles. The molecule has 0 saturated carbocycles. The van der Waals surface area contributed by atoms with Gasteiger partial charge in [0.2, 0.25) is 0 Å². The number of aryl methyl sites for hydroxylation is 1. The van der Waals surface area contributed by atoms with E-state index in [1.807, 2.05) is 6.20 Å². The fraction of sp³-hybridized carbons (Fsp3) is 0.286. The van der Waals surface area contributed by atoms with Crippen molar-refractivity contribution in [2.75, 3.05) is 0 Å².